The lowest BCUT2D eigenvalue weighted by Crippen LogP contribution is -2.70. The van der Waals surface area contributed by atoms with Gasteiger partial charge in [0.25, 0.3) is 5.91 Å². The number of hydrogen-bond donors (Lipinski definition) is 1. The zero-order valence-corrected chi connectivity index (χ0v) is 31.2. The van der Waals surface area contributed by atoms with Crippen molar-refractivity contribution in [3.63, 3.8) is 0 Å². The molecule has 2 amide bonds. The van der Waals surface area contributed by atoms with E-state index in [0.717, 1.165) is 38.5 Å². The number of β-lactam (4-membered cyclic amide) rings is 1. The van der Waals surface area contributed by atoms with Crippen LogP contribution in [0.2, 0.25) is 0 Å². The van der Waals surface area contributed by atoms with E-state index in [1.807, 2.05) is 54.6 Å². The highest BCUT2D eigenvalue weighted by atomic mass is 32.2. The number of ether oxygens (including phenoxy) is 3. The molecule has 0 radical (unpaired) electrons. The zero-order chi connectivity index (χ0) is 35.5. The maximum atomic E-state index is 13.9. The number of thioether (sulfide) groups is 2. The molecule has 3 aromatic carbocycles. The van der Waals surface area contributed by atoms with Crippen LogP contribution < -0.4 is 14.8 Å². The summed E-state index contributed by atoms with van der Waals surface area (Å²) in [6.07, 6.45) is 0.172. The van der Waals surface area contributed by atoms with Crippen LogP contribution in [0.4, 0.5) is 0 Å². The number of carbonyl (C=O) groups excluding carboxylic acids is 3. The molecule has 1 N–H and O–H groups in total. The summed E-state index contributed by atoms with van der Waals surface area (Å²) in [5.74, 6) is 1.51. The minimum atomic E-state index is -0.718. The van der Waals surface area contributed by atoms with Crippen LogP contribution in [0.3, 0.4) is 0 Å². The number of nitrogens with one attached hydrogen (secondary N) is 1. The van der Waals surface area contributed by atoms with Gasteiger partial charge in [-0.15, -0.1) is 23.5 Å². The third-order valence-electron chi connectivity index (χ3n) is 8.59. The van der Waals surface area contributed by atoms with Gasteiger partial charge in [0.2, 0.25) is 5.91 Å². The molecule has 2 aliphatic heterocycles. The second kappa shape index (κ2) is 14.9. The Labute approximate surface area is 298 Å². The SMILES string of the molecule is COc1ccc(COC(=O)C2=C(CSc3cc(C(C)(C)C)c(OC)c(C(C)(C)C)c3)CSC3C(NC(=O)Cc4ccccc4)C(=O)N23)cc1. The van der Waals surface area contributed by atoms with Crippen molar-refractivity contribution in [1.82, 2.24) is 10.2 Å². The molecule has 1 saturated heterocycles. The monoisotopic (exact) mass is 702 g/mol. The third kappa shape index (κ3) is 8.29. The Morgan fingerprint density at radius 2 is 1.53 bits per heavy atom. The van der Waals surface area contributed by atoms with Crippen molar-refractivity contribution in [2.75, 3.05) is 25.7 Å². The van der Waals surface area contributed by atoms with Gasteiger partial charge in [0.05, 0.1) is 20.6 Å². The molecule has 2 heterocycles. The Morgan fingerprint density at radius 1 is 0.898 bits per heavy atom. The molecule has 2 unspecified atom stereocenters. The van der Waals surface area contributed by atoms with Gasteiger partial charge in [0.15, 0.2) is 0 Å². The van der Waals surface area contributed by atoms with Crippen LogP contribution in [0.1, 0.15) is 63.8 Å². The first-order chi connectivity index (χ1) is 23.2. The third-order valence-corrected chi connectivity index (χ3v) is 11.0. The Hall–Kier alpha value is -3.89. The summed E-state index contributed by atoms with van der Waals surface area (Å²) in [5, 5.41) is 2.51. The van der Waals surface area contributed by atoms with E-state index >= 15 is 0 Å². The van der Waals surface area contributed by atoms with Crippen LogP contribution in [-0.2, 0) is 43.0 Å². The molecule has 3 aromatic rings. The summed E-state index contributed by atoms with van der Waals surface area (Å²) < 4.78 is 17.0. The summed E-state index contributed by atoms with van der Waals surface area (Å²) in [5.41, 5.74) is 4.67. The fourth-order valence-corrected chi connectivity index (χ4v) is 8.38. The smallest absolute Gasteiger partial charge is 0.355 e. The van der Waals surface area contributed by atoms with Crippen molar-refractivity contribution in [1.29, 1.82) is 0 Å². The van der Waals surface area contributed by atoms with E-state index in [2.05, 4.69) is 59.0 Å². The Kier molecular flexibility index (Phi) is 11.1. The topological polar surface area (TPSA) is 94.2 Å². The Bertz CT molecular complexity index is 1690. The maximum absolute atomic E-state index is 13.9. The fourth-order valence-electron chi connectivity index (χ4n) is 5.92. The molecular weight excluding hydrogens is 657 g/mol. The number of methoxy groups -OCH3 is 2. The standard InChI is InChI=1S/C39H46N2O6S2/c1-38(2,3)29-19-28(20-30(34(29)46-8)39(4,5)6)48-22-26-23-49-36-32(40-31(42)18-24-12-10-9-11-13-24)35(43)41(36)33(26)37(44)47-21-25-14-16-27(45-7)17-15-25/h9-17,19-20,32,36H,18,21-23H2,1-8H3,(H,40,42). The molecular formula is C39H46N2O6S2. The number of hydrogen-bond acceptors (Lipinski definition) is 8. The van der Waals surface area contributed by atoms with Crippen molar-refractivity contribution in [2.24, 2.45) is 0 Å². The first-order valence-electron chi connectivity index (χ1n) is 16.4. The van der Waals surface area contributed by atoms with E-state index in [1.54, 1.807) is 37.7 Å². The van der Waals surface area contributed by atoms with E-state index in [0.29, 0.717) is 17.3 Å². The lowest BCUT2D eigenvalue weighted by Gasteiger charge is -2.49. The van der Waals surface area contributed by atoms with Gasteiger partial charge < -0.3 is 19.5 Å². The molecule has 0 saturated carbocycles. The van der Waals surface area contributed by atoms with Crippen molar-refractivity contribution < 1.29 is 28.6 Å². The number of carbonyl (C=O) groups is 3. The lowest BCUT2D eigenvalue weighted by atomic mass is 9.79. The van der Waals surface area contributed by atoms with Gasteiger partial charge in [-0.3, -0.25) is 14.5 Å². The number of amides is 2. The predicted octanol–water partition coefficient (Wildman–Crippen LogP) is 7.03. The minimum absolute atomic E-state index is 0.0478. The van der Waals surface area contributed by atoms with E-state index in [-0.39, 0.29) is 41.4 Å². The largest absolute Gasteiger partial charge is 0.497 e. The van der Waals surface area contributed by atoms with Gasteiger partial charge in [-0.25, -0.2) is 4.79 Å². The minimum Gasteiger partial charge on any atom is -0.497 e. The van der Waals surface area contributed by atoms with Gasteiger partial charge in [0, 0.05) is 27.5 Å². The van der Waals surface area contributed by atoms with Gasteiger partial charge in [-0.2, -0.15) is 0 Å². The van der Waals surface area contributed by atoms with Crippen molar-refractivity contribution in [3.8, 4) is 11.5 Å². The molecule has 0 bridgehead atoms. The molecule has 2 aliphatic rings. The quantitative estimate of drug-likeness (QED) is 0.129. The van der Waals surface area contributed by atoms with Gasteiger partial charge in [-0.1, -0.05) is 84.0 Å². The maximum Gasteiger partial charge on any atom is 0.355 e. The summed E-state index contributed by atoms with van der Waals surface area (Å²) in [7, 11) is 3.32. The van der Waals surface area contributed by atoms with E-state index in [4.69, 9.17) is 14.2 Å². The van der Waals surface area contributed by atoms with Crippen LogP contribution in [-0.4, -0.2) is 59.8 Å². The van der Waals surface area contributed by atoms with E-state index in [9.17, 15) is 14.4 Å². The van der Waals surface area contributed by atoms with Crippen LogP contribution in [0.15, 0.2) is 82.9 Å². The molecule has 1 fully saturated rings. The van der Waals surface area contributed by atoms with Gasteiger partial charge >= 0.3 is 5.97 Å². The molecule has 8 nitrogen and oxygen atoms in total. The van der Waals surface area contributed by atoms with Crippen LogP contribution in [0.25, 0.3) is 0 Å². The summed E-state index contributed by atoms with van der Waals surface area (Å²) >= 11 is 3.19. The van der Waals surface area contributed by atoms with E-state index in [1.165, 1.54) is 4.90 Å². The summed E-state index contributed by atoms with van der Waals surface area (Å²) in [4.78, 5) is 43.0. The van der Waals surface area contributed by atoms with E-state index < -0.39 is 17.4 Å². The van der Waals surface area contributed by atoms with Gasteiger partial charge in [0.1, 0.15) is 35.2 Å². The molecule has 49 heavy (non-hydrogen) atoms. The molecule has 5 rings (SSSR count). The highest BCUT2D eigenvalue weighted by molar-refractivity contribution is 8.01. The first-order valence-corrected chi connectivity index (χ1v) is 18.4. The second-order valence-electron chi connectivity index (χ2n) is 14.3. The van der Waals surface area contributed by atoms with Crippen LogP contribution in [0, 0.1) is 0 Å². The number of esters is 1. The summed E-state index contributed by atoms with van der Waals surface area (Å²) in [6, 6.07) is 20.3. The van der Waals surface area contributed by atoms with Crippen molar-refractivity contribution in [3.05, 3.63) is 100 Å². The molecule has 0 aliphatic carbocycles. The number of benzene rings is 3. The average Bonchev–Trinajstić information content (AvgIpc) is 3.07. The lowest BCUT2D eigenvalue weighted by molar-refractivity contribution is -0.153. The number of nitrogens with zero attached hydrogens (tertiary/aromatic N) is 1. The Morgan fingerprint density at radius 3 is 2.10 bits per heavy atom. The van der Waals surface area contributed by atoms with Crippen molar-refractivity contribution in [2.45, 2.75) is 81.7 Å². The van der Waals surface area contributed by atoms with Crippen molar-refractivity contribution >= 4 is 41.3 Å². The molecule has 2 atom stereocenters. The first kappa shape index (κ1) is 36.4. The van der Waals surface area contributed by atoms with Crippen LogP contribution >= 0.6 is 23.5 Å². The summed E-state index contributed by atoms with van der Waals surface area (Å²) in [6.45, 7) is 13.1. The molecule has 0 aromatic heterocycles. The van der Waals surface area contributed by atoms with Crippen LogP contribution in [0.5, 0.6) is 11.5 Å². The average molecular weight is 703 g/mol. The molecule has 260 valence electrons. The second-order valence-corrected chi connectivity index (χ2v) is 16.5. The Balaban J connectivity index is 1.41. The number of rotatable bonds is 11. The zero-order valence-electron chi connectivity index (χ0n) is 29.5. The fraction of sp³-hybridized carbons (Fsp3) is 0.410. The normalized spacial score (nSPS) is 17.6. The predicted molar refractivity (Wildman–Crippen MR) is 196 cm³/mol. The number of fused-ring (bicyclic) bond motifs is 1. The molecule has 10 heteroatoms. The van der Waals surface area contributed by atoms with Gasteiger partial charge in [-0.05, 0) is 51.8 Å². The molecule has 0 spiro atoms. The highest BCUT2D eigenvalue weighted by Crippen LogP contribution is 2.45. The highest BCUT2D eigenvalue weighted by Gasteiger charge is 2.54.